The van der Waals surface area contributed by atoms with E-state index >= 15 is 0 Å². The number of likely N-dealkylation sites (tertiary alicyclic amines) is 1. The third kappa shape index (κ3) is 6.72. The van der Waals surface area contributed by atoms with E-state index in [0.29, 0.717) is 0 Å². The van der Waals surface area contributed by atoms with Gasteiger partial charge in [0.05, 0.1) is 5.50 Å². The lowest BCUT2D eigenvalue weighted by Crippen LogP contribution is -2.34. The minimum absolute atomic E-state index is 0.166. The SMILES string of the molecule is CCCCCNC(Cl)CCN1CCCCC1. The Balaban J connectivity index is 1.94. The Morgan fingerprint density at radius 3 is 2.62 bits per heavy atom. The minimum atomic E-state index is 0.166. The monoisotopic (exact) mass is 246 g/mol. The van der Waals surface area contributed by atoms with Gasteiger partial charge in [-0.15, -0.1) is 11.6 Å². The molecular formula is C13H27ClN2. The van der Waals surface area contributed by atoms with Gasteiger partial charge in [-0.05, 0) is 45.3 Å². The number of nitrogens with zero attached hydrogens (tertiary/aromatic N) is 1. The molecule has 0 saturated carbocycles. The predicted octanol–water partition coefficient (Wildman–Crippen LogP) is 3.21. The quantitative estimate of drug-likeness (QED) is 0.402. The number of halogens is 1. The van der Waals surface area contributed by atoms with Gasteiger partial charge in [0.25, 0.3) is 0 Å². The van der Waals surface area contributed by atoms with Crippen molar-refractivity contribution in [3.05, 3.63) is 0 Å². The zero-order valence-electron chi connectivity index (χ0n) is 10.7. The van der Waals surface area contributed by atoms with Crippen LogP contribution in [-0.4, -0.2) is 36.6 Å². The van der Waals surface area contributed by atoms with Crippen LogP contribution in [0.25, 0.3) is 0 Å². The maximum atomic E-state index is 6.24. The molecule has 1 aliphatic rings. The lowest BCUT2D eigenvalue weighted by atomic mass is 10.1. The molecule has 1 atom stereocenters. The molecule has 1 aliphatic heterocycles. The highest BCUT2D eigenvalue weighted by atomic mass is 35.5. The van der Waals surface area contributed by atoms with Crippen LogP contribution in [-0.2, 0) is 0 Å². The van der Waals surface area contributed by atoms with Gasteiger partial charge >= 0.3 is 0 Å². The molecule has 0 aromatic carbocycles. The topological polar surface area (TPSA) is 15.3 Å². The fourth-order valence-electron chi connectivity index (χ4n) is 2.21. The highest BCUT2D eigenvalue weighted by molar-refractivity contribution is 6.20. The summed E-state index contributed by atoms with van der Waals surface area (Å²) in [6.45, 7) is 7.02. The fraction of sp³-hybridized carbons (Fsp3) is 1.00. The van der Waals surface area contributed by atoms with Crippen LogP contribution in [0.2, 0.25) is 0 Å². The molecule has 0 bridgehead atoms. The smallest absolute Gasteiger partial charge is 0.0837 e. The normalized spacial score (nSPS) is 19.9. The molecule has 0 spiro atoms. The third-order valence-electron chi connectivity index (χ3n) is 3.29. The zero-order valence-corrected chi connectivity index (χ0v) is 11.4. The Labute approximate surface area is 106 Å². The summed E-state index contributed by atoms with van der Waals surface area (Å²) in [6, 6.07) is 0. The van der Waals surface area contributed by atoms with Crippen LogP contribution in [0.3, 0.4) is 0 Å². The van der Waals surface area contributed by atoms with Crippen LogP contribution in [0, 0.1) is 0 Å². The van der Waals surface area contributed by atoms with Crippen LogP contribution in [0.5, 0.6) is 0 Å². The van der Waals surface area contributed by atoms with Gasteiger partial charge in [-0.3, -0.25) is 0 Å². The van der Waals surface area contributed by atoms with E-state index < -0.39 is 0 Å². The number of hydrogen-bond acceptors (Lipinski definition) is 2. The molecule has 0 aliphatic carbocycles. The molecule has 1 unspecified atom stereocenters. The molecule has 1 N–H and O–H groups in total. The van der Waals surface area contributed by atoms with Crippen LogP contribution in [0.15, 0.2) is 0 Å². The van der Waals surface area contributed by atoms with Crippen molar-refractivity contribution in [2.24, 2.45) is 0 Å². The van der Waals surface area contributed by atoms with Crippen molar-refractivity contribution in [3.8, 4) is 0 Å². The molecule has 16 heavy (non-hydrogen) atoms. The van der Waals surface area contributed by atoms with Gasteiger partial charge in [0.15, 0.2) is 0 Å². The van der Waals surface area contributed by atoms with Gasteiger partial charge in [0.2, 0.25) is 0 Å². The summed E-state index contributed by atoms with van der Waals surface area (Å²) in [6.07, 6.45) is 9.08. The summed E-state index contributed by atoms with van der Waals surface area (Å²) < 4.78 is 0. The predicted molar refractivity (Wildman–Crippen MR) is 72.1 cm³/mol. The fourth-order valence-corrected chi connectivity index (χ4v) is 2.42. The molecule has 1 heterocycles. The van der Waals surface area contributed by atoms with Gasteiger partial charge in [-0.25, -0.2) is 0 Å². The second kappa shape index (κ2) is 9.26. The second-order valence-corrected chi connectivity index (χ2v) is 5.35. The molecule has 0 amide bonds. The number of unbranched alkanes of at least 4 members (excludes halogenated alkanes) is 2. The number of nitrogens with one attached hydrogen (secondary N) is 1. The summed E-state index contributed by atoms with van der Waals surface area (Å²) in [4.78, 5) is 2.55. The molecule has 3 heteroatoms. The number of rotatable bonds is 8. The lowest BCUT2D eigenvalue weighted by Gasteiger charge is -2.27. The Morgan fingerprint density at radius 2 is 1.94 bits per heavy atom. The third-order valence-corrected chi connectivity index (χ3v) is 3.67. The van der Waals surface area contributed by atoms with Gasteiger partial charge in [0.1, 0.15) is 0 Å². The van der Waals surface area contributed by atoms with Gasteiger partial charge in [-0.2, -0.15) is 0 Å². The molecule has 0 aromatic heterocycles. The van der Waals surface area contributed by atoms with Gasteiger partial charge < -0.3 is 10.2 Å². The maximum Gasteiger partial charge on any atom is 0.0837 e. The van der Waals surface area contributed by atoms with E-state index in [-0.39, 0.29) is 5.50 Å². The number of alkyl halides is 1. The van der Waals surface area contributed by atoms with Gasteiger partial charge in [-0.1, -0.05) is 26.2 Å². The highest BCUT2D eigenvalue weighted by Crippen LogP contribution is 2.10. The maximum absolute atomic E-state index is 6.24. The largest absolute Gasteiger partial charge is 0.303 e. The van der Waals surface area contributed by atoms with Crippen LogP contribution in [0.4, 0.5) is 0 Å². The zero-order chi connectivity index (χ0) is 11.6. The first-order valence-corrected chi connectivity index (χ1v) is 7.36. The van der Waals surface area contributed by atoms with Crippen molar-refractivity contribution >= 4 is 11.6 Å². The van der Waals surface area contributed by atoms with E-state index in [1.54, 1.807) is 0 Å². The highest BCUT2D eigenvalue weighted by Gasteiger charge is 2.11. The molecule has 1 saturated heterocycles. The van der Waals surface area contributed by atoms with Crippen molar-refractivity contribution in [3.63, 3.8) is 0 Å². The summed E-state index contributed by atoms with van der Waals surface area (Å²) in [5, 5.41) is 3.40. The van der Waals surface area contributed by atoms with Crippen molar-refractivity contribution in [2.45, 2.75) is 57.4 Å². The molecule has 0 radical (unpaired) electrons. The standard InChI is InChI=1S/C13H27ClN2/c1-2-3-5-9-15-13(14)8-12-16-10-6-4-7-11-16/h13,15H,2-12H2,1H3. The molecule has 0 aromatic rings. The van der Waals surface area contributed by atoms with Crippen molar-refractivity contribution in [1.82, 2.24) is 10.2 Å². The van der Waals surface area contributed by atoms with E-state index in [4.69, 9.17) is 11.6 Å². The minimum Gasteiger partial charge on any atom is -0.303 e. The van der Waals surface area contributed by atoms with E-state index in [1.165, 1.54) is 51.6 Å². The average Bonchev–Trinajstić information content (AvgIpc) is 2.33. The van der Waals surface area contributed by atoms with Crippen LogP contribution in [0.1, 0.15) is 51.9 Å². The molecule has 1 rings (SSSR count). The second-order valence-electron chi connectivity index (χ2n) is 4.82. The first kappa shape index (κ1) is 14.3. The Morgan fingerprint density at radius 1 is 1.19 bits per heavy atom. The van der Waals surface area contributed by atoms with E-state index in [1.807, 2.05) is 0 Å². The Hall–Kier alpha value is 0.210. The summed E-state index contributed by atoms with van der Waals surface area (Å²) in [5.74, 6) is 0. The average molecular weight is 247 g/mol. The van der Waals surface area contributed by atoms with E-state index in [0.717, 1.165) is 19.5 Å². The van der Waals surface area contributed by atoms with Crippen LogP contribution < -0.4 is 5.32 Å². The number of piperidine rings is 1. The molecule has 1 fully saturated rings. The molecule has 2 nitrogen and oxygen atoms in total. The first-order valence-electron chi connectivity index (χ1n) is 6.92. The van der Waals surface area contributed by atoms with Crippen LogP contribution >= 0.6 is 11.6 Å². The van der Waals surface area contributed by atoms with Crippen molar-refractivity contribution in [2.75, 3.05) is 26.2 Å². The number of hydrogen-bond donors (Lipinski definition) is 1. The van der Waals surface area contributed by atoms with Crippen molar-refractivity contribution < 1.29 is 0 Å². The Kier molecular flexibility index (Phi) is 8.26. The summed E-state index contributed by atoms with van der Waals surface area (Å²) >= 11 is 6.24. The van der Waals surface area contributed by atoms with Gasteiger partial charge in [0, 0.05) is 6.54 Å². The Bertz CT molecular complexity index is 158. The molecular weight excluding hydrogens is 220 g/mol. The lowest BCUT2D eigenvalue weighted by molar-refractivity contribution is 0.223. The molecule has 96 valence electrons. The van der Waals surface area contributed by atoms with E-state index in [2.05, 4.69) is 17.1 Å². The summed E-state index contributed by atoms with van der Waals surface area (Å²) in [5.41, 5.74) is 0.166. The van der Waals surface area contributed by atoms with E-state index in [9.17, 15) is 0 Å². The first-order chi connectivity index (χ1) is 7.83. The van der Waals surface area contributed by atoms with Crippen molar-refractivity contribution in [1.29, 1.82) is 0 Å². The summed E-state index contributed by atoms with van der Waals surface area (Å²) in [7, 11) is 0.